The van der Waals surface area contributed by atoms with Gasteiger partial charge in [-0.3, -0.25) is 0 Å². The van der Waals surface area contributed by atoms with Crippen molar-refractivity contribution in [2.24, 2.45) is 0 Å². The molecule has 24 heavy (non-hydrogen) atoms. The number of benzene rings is 1. The highest BCUT2D eigenvalue weighted by Gasteiger charge is 2.37. The Kier molecular flexibility index (Phi) is 6.53. The van der Waals surface area contributed by atoms with Crippen LogP contribution >= 0.6 is 15.9 Å². The van der Waals surface area contributed by atoms with E-state index in [4.69, 9.17) is 10.5 Å². The number of esters is 3. The molecule has 0 radical (unpaired) electrons. The van der Waals surface area contributed by atoms with Gasteiger partial charge in [-0.1, -0.05) is 6.58 Å². The molecule has 0 amide bonds. The Labute approximate surface area is 147 Å². The first kappa shape index (κ1) is 19.7. The maximum absolute atomic E-state index is 11.3. The van der Waals surface area contributed by atoms with Gasteiger partial charge < -0.3 is 19.9 Å². The van der Waals surface area contributed by atoms with Crippen LogP contribution in [0.1, 0.15) is 31.1 Å². The minimum atomic E-state index is -1.16. The zero-order valence-corrected chi connectivity index (χ0v) is 15.1. The van der Waals surface area contributed by atoms with Crippen molar-refractivity contribution in [2.75, 3.05) is 12.3 Å². The molecule has 0 bridgehead atoms. The van der Waals surface area contributed by atoms with Crippen molar-refractivity contribution in [2.45, 2.75) is 26.6 Å². The largest absolute Gasteiger partial charge is 0.462 e. The second-order valence-corrected chi connectivity index (χ2v) is 5.97. The molecule has 0 unspecified atom stereocenters. The SMILES string of the molecule is C=C1C(=O)OC(C)(C)OC1=O.CCOC(=O)c1ccc(N)cc1Br. The van der Waals surface area contributed by atoms with Crippen LogP contribution < -0.4 is 5.73 Å². The number of carbonyl (C=O) groups is 3. The van der Waals surface area contributed by atoms with Gasteiger partial charge in [0.1, 0.15) is 5.57 Å². The summed E-state index contributed by atoms with van der Waals surface area (Å²) in [5, 5.41) is 0. The fraction of sp³-hybridized carbons (Fsp3) is 0.312. The van der Waals surface area contributed by atoms with Crippen molar-refractivity contribution >= 4 is 39.5 Å². The molecule has 1 aromatic rings. The lowest BCUT2D eigenvalue weighted by atomic mass is 10.2. The van der Waals surface area contributed by atoms with E-state index < -0.39 is 17.7 Å². The van der Waals surface area contributed by atoms with Gasteiger partial charge in [0, 0.05) is 24.0 Å². The number of carbonyl (C=O) groups excluding carboxylic acids is 3. The second-order valence-electron chi connectivity index (χ2n) is 5.12. The monoisotopic (exact) mass is 399 g/mol. The van der Waals surface area contributed by atoms with E-state index >= 15 is 0 Å². The zero-order valence-electron chi connectivity index (χ0n) is 13.6. The van der Waals surface area contributed by atoms with Crippen LogP contribution in [0.3, 0.4) is 0 Å². The van der Waals surface area contributed by atoms with Crippen LogP contribution in [0.4, 0.5) is 5.69 Å². The standard InChI is InChI=1S/C9H10BrNO2.C7H8O4/c1-2-13-9(12)7-4-3-6(11)5-8(7)10;1-4-5(8)10-7(2,3)11-6(4)9/h3-5H,2,11H2,1H3;1H2,2-3H3. The Morgan fingerprint density at radius 1 is 1.29 bits per heavy atom. The summed E-state index contributed by atoms with van der Waals surface area (Å²) in [6, 6.07) is 4.97. The summed E-state index contributed by atoms with van der Waals surface area (Å²) in [5.41, 5.74) is 6.37. The van der Waals surface area contributed by atoms with E-state index in [-0.39, 0.29) is 11.5 Å². The Morgan fingerprint density at radius 2 is 1.83 bits per heavy atom. The van der Waals surface area contributed by atoms with Crippen LogP contribution in [0, 0.1) is 0 Å². The van der Waals surface area contributed by atoms with Crippen molar-refractivity contribution in [1.29, 1.82) is 0 Å². The Balaban J connectivity index is 0.000000243. The molecular formula is C16H18BrNO6. The van der Waals surface area contributed by atoms with Crippen LogP contribution in [0.2, 0.25) is 0 Å². The third-order valence-corrected chi connectivity index (χ3v) is 3.31. The average molecular weight is 400 g/mol. The van der Waals surface area contributed by atoms with Gasteiger partial charge in [0.25, 0.3) is 5.79 Å². The number of nitrogens with two attached hydrogens (primary N) is 1. The van der Waals surface area contributed by atoms with Crippen LogP contribution in [0.5, 0.6) is 0 Å². The van der Waals surface area contributed by atoms with Crippen molar-refractivity contribution < 1.29 is 28.6 Å². The number of rotatable bonds is 2. The van der Waals surface area contributed by atoms with Crippen molar-refractivity contribution in [3.8, 4) is 0 Å². The van der Waals surface area contributed by atoms with Crippen LogP contribution in [-0.2, 0) is 23.8 Å². The molecule has 8 heteroatoms. The molecule has 1 fully saturated rings. The minimum absolute atomic E-state index is 0.260. The lowest BCUT2D eigenvalue weighted by Crippen LogP contribution is -2.41. The first-order valence-corrected chi connectivity index (χ1v) is 7.74. The predicted molar refractivity (Wildman–Crippen MR) is 89.9 cm³/mol. The molecule has 0 saturated carbocycles. The van der Waals surface area contributed by atoms with Gasteiger partial charge in [-0.05, 0) is 41.1 Å². The summed E-state index contributed by atoms with van der Waals surface area (Å²) in [5.74, 6) is -2.93. The molecule has 2 rings (SSSR count). The highest BCUT2D eigenvalue weighted by molar-refractivity contribution is 9.10. The quantitative estimate of drug-likeness (QED) is 0.352. The summed E-state index contributed by atoms with van der Waals surface area (Å²) >= 11 is 3.24. The van der Waals surface area contributed by atoms with Crippen LogP contribution in [0.25, 0.3) is 0 Å². The number of hydrogen-bond donors (Lipinski definition) is 1. The number of nitrogen functional groups attached to an aromatic ring is 1. The lowest BCUT2D eigenvalue weighted by molar-refractivity contribution is -0.222. The number of ether oxygens (including phenoxy) is 3. The Bertz CT molecular complexity index is 661. The molecule has 2 N–H and O–H groups in total. The zero-order chi connectivity index (χ0) is 18.5. The molecule has 0 spiro atoms. The van der Waals surface area contributed by atoms with Crippen LogP contribution in [0.15, 0.2) is 34.8 Å². The maximum atomic E-state index is 11.3. The van der Waals surface area contributed by atoms with Gasteiger partial charge >= 0.3 is 17.9 Å². The molecule has 7 nitrogen and oxygen atoms in total. The molecule has 1 saturated heterocycles. The van der Waals surface area contributed by atoms with Crippen molar-refractivity contribution in [1.82, 2.24) is 0 Å². The van der Waals surface area contributed by atoms with Gasteiger partial charge in [-0.25, -0.2) is 14.4 Å². The molecule has 1 aliphatic rings. The summed E-state index contributed by atoms with van der Waals surface area (Å²) in [7, 11) is 0. The van der Waals surface area contributed by atoms with E-state index in [1.807, 2.05) is 0 Å². The van der Waals surface area contributed by atoms with Gasteiger partial charge in [0.2, 0.25) is 0 Å². The van der Waals surface area contributed by atoms with Gasteiger partial charge in [0.05, 0.1) is 12.2 Å². The number of anilines is 1. The fourth-order valence-electron chi connectivity index (χ4n) is 1.58. The van der Waals surface area contributed by atoms with E-state index in [2.05, 4.69) is 32.0 Å². The van der Waals surface area contributed by atoms with Gasteiger partial charge in [0.15, 0.2) is 0 Å². The molecule has 0 aromatic heterocycles. The highest BCUT2D eigenvalue weighted by Crippen LogP contribution is 2.21. The molecular weight excluding hydrogens is 382 g/mol. The second kappa shape index (κ2) is 7.96. The molecule has 0 aliphatic carbocycles. The maximum Gasteiger partial charge on any atom is 0.348 e. The smallest absolute Gasteiger partial charge is 0.348 e. The third kappa shape index (κ3) is 5.38. The van der Waals surface area contributed by atoms with Gasteiger partial charge in [-0.15, -0.1) is 0 Å². The topological polar surface area (TPSA) is 105 Å². The average Bonchev–Trinajstić information content (AvgIpc) is 2.44. The Morgan fingerprint density at radius 3 is 2.29 bits per heavy atom. The van der Waals surface area contributed by atoms with Gasteiger partial charge in [-0.2, -0.15) is 0 Å². The third-order valence-electron chi connectivity index (χ3n) is 2.66. The van der Waals surface area contributed by atoms with E-state index in [9.17, 15) is 14.4 Å². The number of cyclic esters (lactones) is 2. The number of halogens is 1. The predicted octanol–water partition coefficient (Wildman–Crippen LogP) is 2.59. The number of hydrogen-bond acceptors (Lipinski definition) is 7. The Hall–Kier alpha value is -2.35. The molecule has 0 atom stereocenters. The summed E-state index contributed by atoms with van der Waals surface area (Å²) < 4.78 is 14.8. The summed E-state index contributed by atoms with van der Waals surface area (Å²) in [4.78, 5) is 32.9. The normalized spacial score (nSPS) is 15.6. The highest BCUT2D eigenvalue weighted by atomic mass is 79.9. The fourth-order valence-corrected chi connectivity index (χ4v) is 2.14. The molecule has 1 aromatic carbocycles. The minimum Gasteiger partial charge on any atom is -0.462 e. The molecule has 1 aliphatic heterocycles. The lowest BCUT2D eigenvalue weighted by Gasteiger charge is -2.29. The van der Waals surface area contributed by atoms with E-state index in [0.717, 1.165) is 0 Å². The molecule has 130 valence electrons. The first-order chi connectivity index (χ1) is 11.1. The van der Waals surface area contributed by atoms with E-state index in [0.29, 0.717) is 22.3 Å². The van der Waals surface area contributed by atoms with Crippen molar-refractivity contribution in [3.05, 3.63) is 40.4 Å². The molecule has 1 heterocycles. The summed E-state index contributed by atoms with van der Waals surface area (Å²) in [6.45, 7) is 8.29. The van der Waals surface area contributed by atoms with E-state index in [1.165, 1.54) is 13.8 Å². The van der Waals surface area contributed by atoms with Crippen molar-refractivity contribution in [3.63, 3.8) is 0 Å². The van der Waals surface area contributed by atoms with E-state index in [1.54, 1.807) is 25.1 Å². The van der Waals surface area contributed by atoms with Crippen LogP contribution in [-0.4, -0.2) is 30.3 Å². The summed E-state index contributed by atoms with van der Waals surface area (Å²) in [6.07, 6.45) is 0. The first-order valence-electron chi connectivity index (χ1n) is 6.95.